The molecule has 7 heterocycles. The number of aromatic nitrogens is 7. The molecule has 0 saturated carbocycles. The van der Waals surface area contributed by atoms with Gasteiger partial charge in [0.2, 0.25) is 58.4 Å². The van der Waals surface area contributed by atoms with Crippen molar-refractivity contribution in [3.63, 3.8) is 0 Å². The molecule has 7 aromatic carbocycles. The molecular weight excluding hydrogens is 1650 g/mol. The summed E-state index contributed by atoms with van der Waals surface area (Å²) < 4.78 is 12.2. The zero-order valence-corrected chi connectivity index (χ0v) is 63.7. The van der Waals surface area contributed by atoms with Crippen molar-refractivity contribution in [3.8, 4) is 80.1 Å². The average Bonchev–Trinajstić information content (AvgIpc) is 0.843. The van der Waals surface area contributed by atoms with Gasteiger partial charge in [-0.25, -0.2) is 19.2 Å². The summed E-state index contributed by atoms with van der Waals surface area (Å²) in [4.78, 5) is 44.2. The second-order valence-electron chi connectivity index (χ2n) is 22.2. The van der Waals surface area contributed by atoms with Gasteiger partial charge in [-0.15, -0.1) is 0 Å². The van der Waals surface area contributed by atoms with Crippen LogP contribution in [0.4, 0.5) is 0 Å². The van der Waals surface area contributed by atoms with Gasteiger partial charge in [-0.2, -0.15) is 32.0 Å². The lowest BCUT2D eigenvalue weighted by Crippen LogP contribution is -2.32. The van der Waals surface area contributed by atoms with Crippen LogP contribution in [0.25, 0.3) is 39.8 Å². The molecule has 0 fully saturated rings. The zero-order valence-electron chi connectivity index (χ0n) is 59.1. The fourth-order valence-corrected chi connectivity index (χ4v) is 10.7. The molecule has 7 aromatic heterocycles. The predicted molar refractivity (Wildman–Crippen MR) is 461 cm³/mol. The Kier molecular flexibility index (Phi) is 49.6. The lowest BCUT2D eigenvalue weighted by Gasteiger charge is -2.05. The van der Waals surface area contributed by atoms with Crippen LogP contribution in [-0.2, 0) is 0 Å². The highest BCUT2D eigenvalue weighted by Crippen LogP contribution is 2.21. The molecule has 118 heavy (non-hydrogen) atoms. The van der Waals surface area contributed by atoms with Crippen LogP contribution in [0.3, 0.4) is 0 Å². The van der Waals surface area contributed by atoms with E-state index in [2.05, 4.69) is 15.9 Å². The molecule has 0 unspecified atom stereocenters. The Hall–Kier alpha value is -13.3. The van der Waals surface area contributed by atoms with Gasteiger partial charge >= 0.3 is 23.9 Å². The van der Waals surface area contributed by atoms with Gasteiger partial charge in [-0.1, -0.05) is 175 Å². The number of carbonyl (C=O) groups is 4. The SMILES string of the molecule is C.C.C.C.C.C.C.O=C(O)c1cc(Cl)ccc1-[n+]1cccc([O-])c1.O=C(O)c1ccc(Br)cc1-[n+]1cccc([O-])c1.O=C(O)c1ccc(Cl)cc1-[n+]1cccc([O-])c1.O=C(O)c1ccccc1-[n+]1cccc([O-])c1.Oc1ccc[n+](-c2ccc(Cl)cc2)c1.Oc1ccc[n+](-c2cccc(Cl)c2)c1.Oc1ccc[n+](-c2ccccc2)c1.[CH3-].[CH3-].[CH3-]. The van der Waals surface area contributed by atoms with Crippen LogP contribution in [-0.4, -0.2) is 59.6 Å². The van der Waals surface area contributed by atoms with Crippen molar-refractivity contribution in [3.05, 3.63) is 399 Å². The number of hydrogen-bond acceptors (Lipinski definition) is 11. The first kappa shape index (κ1) is 109. The van der Waals surface area contributed by atoms with E-state index in [1.54, 1.807) is 145 Å². The molecule has 0 aliphatic heterocycles. The van der Waals surface area contributed by atoms with Gasteiger partial charge in [-0.3, -0.25) is 0 Å². The van der Waals surface area contributed by atoms with E-state index in [0.29, 0.717) is 42.8 Å². The van der Waals surface area contributed by atoms with Crippen molar-refractivity contribution in [1.29, 1.82) is 0 Å². The number of rotatable bonds is 11. The van der Waals surface area contributed by atoms with Crippen molar-refractivity contribution >= 4 is 86.2 Å². The Bertz CT molecular complexity index is 5320. The molecule has 0 radical (unpaired) electrons. The summed E-state index contributed by atoms with van der Waals surface area (Å²) in [6.07, 6.45) is 22.4. The van der Waals surface area contributed by atoms with Crippen molar-refractivity contribution in [2.24, 2.45) is 0 Å². The summed E-state index contributed by atoms with van der Waals surface area (Å²) in [7, 11) is 0. The quantitative estimate of drug-likeness (QED) is 0.0467. The van der Waals surface area contributed by atoms with Gasteiger partial charge in [0.1, 0.15) is 22.3 Å². The van der Waals surface area contributed by atoms with Gasteiger partial charge in [0, 0.05) is 128 Å². The number of aromatic carboxylic acids is 4. The summed E-state index contributed by atoms with van der Waals surface area (Å²) in [6.45, 7) is 0. The lowest BCUT2D eigenvalue weighted by atomic mass is 10.1. The Morgan fingerprint density at radius 1 is 0.263 bits per heavy atom. The zero-order chi connectivity index (χ0) is 77.8. The highest BCUT2D eigenvalue weighted by atomic mass is 79.9. The molecule has 14 rings (SSSR count). The number of halogens is 5. The summed E-state index contributed by atoms with van der Waals surface area (Å²) in [5.41, 5.74) is 5.07. The number of aromatic hydroxyl groups is 3. The van der Waals surface area contributed by atoms with E-state index in [0.717, 1.165) is 21.5 Å². The van der Waals surface area contributed by atoms with Crippen LogP contribution in [0.5, 0.6) is 40.2 Å². The molecule has 0 saturated heterocycles. The monoisotopic (exact) mass is 1750 g/mol. The van der Waals surface area contributed by atoms with Gasteiger partial charge in [0.05, 0.1) is 0 Å². The topological polar surface area (TPSA) is 329 Å². The van der Waals surface area contributed by atoms with E-state index in [1.165, 1.54) is 104 Å². The average molecular weight is 1750 g/mol. The maximum atomic E-state index is 11.2. The first-order chi connectivity index (χ1) is 51.8. The molecule has 0 bridgehead atoms. The van der Waals surface area contributed by atoms with E-state index in [-0.39, 0.29) is 137 Å². The molecule has 7 N–H and O–H groups in total. The molecule has 0 spiro atoms. The minimum Gasteiger partial charge on any atom is -0.868 e. The molecule has 0 amide bonds. The predicted octanol–water partition coefficient (Wildman–Crippen LogP) is 17.1. The van der Waals surface area contributed by atoms with E-state index in [4.69, 9.17) is 66.8 Å². The molecule has 14 aromatic rings. The molecule has 0 aliphatic carbocycles. The highest BCUT2D eigenvalue weighted by Gasteiger charge is 2.22. The van der Waals surface area contributed by atoms with E-state index < -0.39 is 23.9 Å². The summed E-state index contributed by atoms with van der Waals surface area (Å²) in [5, 5.41) is 111. The van der Waals surface area contributed by atoms with Crippen molar-refractivity contribution in [2.75, 3.05) is 0 Å². The molecule has 0 aliphatic rings. The summed E-state index contributed by atoms with van der Waals surface area (Å²) in [5.74, 6) is -4.21. The van der Waals surface area contributed by atoms with E-state index in [1.807, 2.05) is 113 Å². The number of para-hydroxylation sites is 2. The highest BCUT2D eigenvalue weighted by molar-refractivity contribution is 9.10. The number of carboxylic acids is 4. The Morgan fingerprint density at radius 2 is 0.568 bits per heavy atom. The number of benzene rings is 7. The first-order valence-electron chi connectivity index (χ1n) is 31.6. The van der Waals surface area contributed by atoms with Crippen LogP contribution in [0, 0.1) is 22.3 Å². The van der Waals surface area contributed by atoms with Gasteiger partial charge in [0.25, 0.3) is 0 Å². The molecule has 22 nitrogen and oxygen atoms in total. The third-order valence-corrected chi connectivity index (χ3v) is 16.0. The Labute approximate surface area is 719 Å². The third-order valence-electron chi connectivity index (χ3n) is 14.6. The number of carboxylic acid groups (broad SMARTS) is 4. The van der Waals surface area contributed by atoms with Crippen LogP contribution < -0.4 is 52.4 Å². The van der Waals surface area contributed by atoms with Crippen molar-refractivity contribution in [2.45, 2.75) is 52.0 Å². The molecule has 27 heteroatoms. The largest absolute Gasteiger partial charge is 0.868 e. The minimum absolute atomic E-state index is 0. The van der Waals surface area contributed by atoms with Gasteiger partial charge in [0.15, 0.2) is 85.4 Å². The van der Waals surface area contributed by atoms with Gasteiger partial charge in [-0.05, 0) is 102 Å². The maximum absolute atomic E-state index is 11.2. The molecule has 0 atom stereocenters. The second kappa shape index (κ2) is 53.7. The standard InChI is InChI=1S/C12H8BrNO3.2C12H8ClNO3.C12H9NO3.2C11H8ClNO.C11H9NO.7CH4.3CH3/c13-8-3-4-10(12(16)17)11(6-8)14-5-1-2-9(15)7-14;13-8-3-4-11(10(6-8)12(16)17)14-5-1-2-9(15)7-14;13-8-3-4-10(12(16)17)11(6-8)14-5-1-2-9(15)7-14;14-9-4-3-7-13(8-9)11-6-2-1-5-10(11)12(15)16;12-9-3-1-4-10(7-9)13-6-2-5-11(14)8-13;12-9-3-5-10(6-4-9)13-7-1-2-11(14)8-13;13-11-7-4-8-12(9-11)10-5-2-1-3-6-10;;;;;;;;;;/h3*1-7H,(H-,15,16,17);1-8H,(H-,14,15,16);2*1-8H;1-9H;7*1H4;3*1H3/q;;;;;;;;;;;;;;3*-1/p+3. The Balaban J connectivity index is -0.00000129. The minimum atomic E-state index is -1.09. The Morgan fingerprint density at radius 3 is 0.975 bits per heavy atom. The van der Waals surface area contributed by atoms with Crippen molar-refractivity contribution in [1.82, 2.24) is 0 Å². The third kappa shape index (κ3) is 33.3. The van der Waals surface area contributed by atoms with E-state index >= 15 is 0 Å². The second-order valence-corrected chi connectivity index (χ2v) is 24.9. The number of hydrogen-bond donors (Lipinski definition) is 7. The van der Waals surface area contributed by atoms with Crippen LogP contribution >= 0.6 is 62.3 Å². The smallest absolute Gasteiger partial charge is 0.342 e. The summed E-state index contributed by atoms with van der Waals surface area (Å²) >= 11 is 26.5. The number of pyridine rings is 7. The van der Waals surface area contributed by atoms with Gasteiger partial charge < -0.3 is 78.5 Å². The van der Waals surface area contributed by atoms with Crippen LogP contribution in [0.15, 0.2) is 334 Å². The van der Waals surface area contributed by atoms with Crippen LogP contribution in [0.2, 0.25) is 20.1 Å². The van der Waals surface area contributed by atoms with E-state index in [9.17, 15) is 54.9 Å². The number of nitrogens with zero attached hydrogens (tertiary/aromatic N) is 7. The lowest BCUT2D eigenvalue weighted by molar-refractivity contribution is -0.599. The fraction of sp³-hybridized carbons (Fsp3) is 0.0769. The molecule has 622 valence electrons. The fourth-order valence-electron chi connectivity index (χ4n) is 9.72. The normalized spacial score (nSPS) is 9.23. The molecular formula is C91H98BrCl4N7O15. The van der Waals surface area contributed by atoms with Crippen molar-refractivity contribution < 1.29 is 107 Å². The maximum Gasteiger partial charge on any atom is 0.342 e. The summed E-state index contributed by atoms with van der Waals surface area (Å²) in [6, 6.07) is 67.1. The van der Waals surface area contributed by atoms with Crippen LogP contribution in [0.1, 0.15) is 93.4 Å². The first-order valence-corrected chi connectivity index (χ1v) is 33.9.